The quantitative estimate of drug-likeness (QED) is 0.922. The fourth-order valence-electron chi connectivity index (χ4n) is 2.05. The van der Waals surface area contributed by atoms with E-state index in [0.717, 1.165) is 22.4 Å². The fraction of sp³-hybridized carbons (Fsp3) is 0.250. The standard InChI is InChI=1S/C16H19NO.ClH/c1-12-7-6-8-13(2)16(12)18-15(11-17)14-9-4-3-5-10-14;/h3-10,15H,11,17H2,1-2H3;1H/t15-;/m0./s1. The highest BCUT2D eigenvalue weighted by molar-refractivity contribution is 5.85. The monoisotopic (exact) mass is 277 g/mol. The van der Waals surface area contributed by atoms with Crippen LogP contribution in [0, 0.1) is 13.8 Å². The third-order valence-electron chi connectivity index (χ3n) is 3.05. The molecule has 102 valence electrons. The second kappa shape index (κ2) is 7.17. The number of halogens is 1. The summed E-state index contributed by atoms with van der Waals surface area (Å²) in [5.41, 5.74) is 9.23. The molecule has 2 N–H and O–H groups in total. The molecule has 0 aliphatic rings. The van der Waals surface area contributed by atoms with Crippen LogP contribution in [-0.2, 0) is 0 Å². The van der Waals surface area contributed by atoms with Gasteiger partial charge in [-0.2, -0.15) is 0 Å². The first-order valence-electron chi connectivity index (χ1n) is 6.20. The molecule has 0 bridgehead atoms. The van der Waals surface area contributed by atoms with Crippen LogP contribution in [0.5, 0.6) is 5.75 Å². The Morgan fingerprint density at radius 2 is 1.53 bits per heavy atom. The van der Waals surface area contributed by atoms with E-state index in [0.29, 0.717) is 6.54 Å². The summed E-state index contributed by atoms with van der Waals surface area (Å²) >= 11 is 0. The molecule has 0 aliphatic heterocycles. The highest BCUT2D eigenvalue weighted by Crippen LogP contribution is 2.27. The molecule has 0 amide bonds. The normalized spacial score (nSPS) is 11.5. The van der Waals surface area contributed by atoms with E-state index in [9.17, 15) is 0 Å². The summed E-state index contributed by atoms with van der Waals surface area (Å²) in [6.45, 7) is 4.58. The average Bonchev–Trinajstić information content (AvgIpc) is 2.40. The Balaban J connectivity index is 0.00000180. The van der Waals surface area contributed by atoms with Crippen LogP contribution in [0.1, 0.15) is 22.8 Å². The van der Waals surface area contributed by atoms with Crippen LogP contribution in [0.15, 0.2) is 48.5 Å². The molecule has 2 rings (SSSR count). The minimum absolute atomic E-state index is 0. The van der Waals surface area contributed by atoms with E-state index < -0.39 is 0 Å². The van der Waals surface area contributed by atoms with Crippen molar-refractivity contribution in [2.75, 3.05) is 6.54 Å². The molecule has 2 aromatic rings. The fourth-order valence-corrected chi connectivity index (χ4v) is 2.05. The molecule has 3 heteroatoms. The van der Waals surface area contributed by atoms with Gasteiger partial charge in [0.25, 0.3) is 0 Å². The smallest absolute Gasteiger partial charge is 0.136 e. The molecule has 0 saturated heterocycles. The molecule has 2 nitrogen and oxygen atoms in total. The Morgan fingerprint density at radius 1 is 0.947 bits per heavy atom. The van der Waals surface area contributed by atoms with Crippen LogP contribution in [0.2, 0.25) is 0 Å². The van der Waals surface area contributed by atoms with Crippen molar-refractivity contribution >= 4 is 12.4 Å². The van der Waals surface area contributed by atoms with Crippen molar-refractivity contribution in [3.8, 4) is 5.75 Å². The minimum Gasteiger partial charge on any atom is -0.484 e. The van der Waals surface area contributed by atoms with Gasteiger partial charge in [0.2, 0.25) is 0 Å². The van der Waals surface area contributed by atoms with Gasteiger partial charge in [-0.1, -0.05) is 48.5 Å². The highest BCUT2D eigenvalue weighted by atomic mass is 35.5. The predicted molar refractivity (Wildman–Crippen MR) is 82.0 cm³/mol. The Kier molecular flexibility index (Phi) is 5.87. The zero-order valence-corrected chi connectivity index (χ0v) is 12.1. The molecule has 19 heavy (non-hydrogen) atoms. The van der Waals surface area contributed by atoms with E-state index in [1.165, 1.54) is 0 Å². The Bertz CT molecular complexity index is 493. The van der Waals surface area contributed by atoms with Crippen LogP contribution in [-0.4, -0.2) is 6.54 Å². The number of hydrogen-bond acceptors (Lipinski definition) is 2. The lowest BCUT2D eigenvalue weighted by Crippen LogP contribution is -2.19. The number of aryl methyl sites for hydroxylation is 2. The van der Waals surface area contributed by atoms with Crippen LogP contribution >= 0.6 is 12.4 Å². The summed E-state index contributed by atoms with van der Waals surface area (Å²) in [7, 11) is 0. The maximum atomic E-state index is 6.09. The molecule has 0 unspecified atom stereocenters. The zero-order valence-electron chi connectivity index (χ0n) is 11.3. The molecule has 2 aromatic carbocycles. The van der Waals surface area contributed by atoms with Gasteiger partial charge in [0.05, 0.1) is 0 Å². The van der Waals surface area contributed by atoms with E-state index in [2.05, 4.69) is 26.0 Å². The first-order valence-corrected chi connectivity index (χ1v) is 6.20. The molecule has 0 spiro atoms. The second-order valence-electron chi connectivity index (χ2n) is 4.47. The van der Waals surface area contributed by atoms with Crippen LogP contribution in [0.4, 0.5) is 0 Å². The molecule has 0 aliphatic carbocycles. The van der Waals surface area contributed by atoms with E-state index in [1.54, 1.807) is 0 Å². The van der Waals surface area contributed by atoms with Crippen molar-refractivity contribution in [2.45, 2.75) is 20.0 Å². The molecule has 1 atom stereocenters. The Hall–Kier alpha value is -1.51. The van der Waals surface area contributed by atoms with E-state index >= 15 is 0 Å². The highest BCUT2D eigenvalue weighted by Gasteiger charge is 2.13. The van der Waals surface area contributed by atoms with Gasteiger partial charge in [-0.15, -0.1) is 12.4 Å². The first-order chi connectivity index (χ1) is 8.72. The average molecular weight is 278 g/mol. The van der Waals surface area contributed by atoms with Crippen molar-refractivity contribution in [3.05, 3.63) is 65.2 Å². The third kappa shape index (κ3) is 3.72. The van der Waals surface area contributed by atoms with Gasteiger partial charge in [0.1, 0.15) is 11.9 Å². The maximum absolute atomic E-state index is 6.09. The lowest BCUT2D eigenvalue weighted by molar-refractivity contribution is 0.211. The Labute approximate surface area is 121 Å². The SMILES string of the molecule is Cc1cccc(C)c1O[C@@H](CN)c1ccccc1.Cl. The second-order valence-corrected chi connectivity index (χ2v) is 4.47. The summed E-state index contributed by atoms with van der Waals surface area (Å²) in [5.74, 6) is 0.941. The van der Waals surface area contributed by atoms with Crippen molar-refractivity contribution in [2.24, 2.45) is 5.73 Å². The molecular weight excluding hydrogens is 258 g/mol. The van der Waals surface area contributed by atoms with E-state index in [1.807, 2.05) is 36.4 Å². The van der Waals surface area contributed by atoms with Gasteiger partial charge in [-0.05, 0) is 30.5 Å². The molecule has 0 radical (unpaired) electrons. The number of nitrogens with two attached hydrogens (primary N) is 1. The lowest BCUT2D eigenvalue weighted by atomic mass is 10.1. The number of benzene rings is 2. The number of para-hydroxylation sites is 1. The summed E-state index contributed by atoms with van der Waals surface area (Å²) in [6.07, 6.45) is -0.0917. The van der Waals surface area contributed by atoms with Gasteiger partial charge in [0.15, 0.2) is 0 Å². The number of rotatable bonds is 4. The molecule has 0 aromatic heterocycles. The van der Waals surface area contributed by atoms with Crippen LogP contribution in [0.3, 0.4) is 0 Å². The van der Waals surface area contributed by atoms with E-state index in [-0.39, 0.29) is 18.5 Å². The van der Waals surface area contributed by atoms with Gasteiger partial charge in [-0.25, -0.2) is 0 Å². The zero-order chi connectivity index (χ0) is 13.0. The summed E-state index contributed by atoms with van der Waals surface area (Å²) in [6, 6.07) is 16.3. The Morgan fingerprint density at radius 3 is 2.05 bits per heavy atom. The lowest BCUT2D eigenvalue weighted by Gasteiger charge is -2.20. The molecule has 0 saturated carbocycles. The summed E-state index contributed by atoms with van der Waals surface area (Å²) < 4.78 is 6.09. The van der Waals surface area contributed by atoms with Gasteiger partial charge < -0.3 is 10.5 Å². The summed E-state index contributed by atoms with van der Waals surface area (Å²) in [4.78, 5) is 0. The van der Waals surface area contributed by atoms with Gasteiger partial charge in [-0.3, -0.25) is 0 Å². The molecular formula is C16H20ClNO. The van der Waals surface area contributed by atoms with Crippen molar-refractivity contribution < 1.29 is 4.74 Å². The molecule has 0 fully saturated rings. The predicted octanol–water partition coefficient (Wildman–Crippen LogP) is 3.80. The van der Waals surface area contributed by atoms with Gasteiger partial charge >= 0.3 is 0 Å². The van der Waals surface area contributed by atoms with Crippen LogP contribution < -0.4 is 10.5 Å². The number of hydrogen-bond donors (Lipinski definition) is 1. The van der Waals surface area contributed by atoms with E-state index in [4.69, 9.17) is 10.5 Å². The number of ether oxygens (including phenoxy) is 1. The molecule has 0 heterocycles. The maximum Gasteiger partial charge on any atom is 0.136 e. The van der Waals surface area contributed by atoms with Crippen molar-refractivity contribution in [1.29, 1.82) is 0 Å². The van der Waals surface area contributed by atoms with Crippen LogP contribution in [0.25, 0.3) is 0 Å². The third-order valence-corrected chi connectivity index (χ3v) is 3.05. The largest absolute Gasteiger partial charge is 0.484 e. The topological polar surface area (TPSA) is 35.2 Å². The van der Waals surface area contributed by atoms with Gasteiger partial charge in [0, 0.05) is 6.54 Å². The first kappa shape index (κ1) is 15.5. The summed E-state index contributed by atoms with van der Waals surface area (Å²) in [5, 5.41) is 0. The van der Waals surface area contributed by atoms with Crippen molar-refractivity contribution in [1.82, 2.24) is 0 Å². The van der Waals surface area contributed by atoms with Crippen molar-refractivity contribution in [3.63, 3.8) is 0 Å². The minimum atomic E-state index is -0.0917.